The van der Waals surface area contributed by atoms with Crippen LogP contribution in [0.4, 0.5) is 4.39 Å². The lowest BCUT2D eigenvalue weighted by molar-refractivity contribution is 0.343. The van der Waals surface area contributed by atoms with Crippen LogP contribution in [0, 0.1) is 5.82 Å². The molecule has 3 rings (SSSR count). The van der Waals surface area contributed by atoms with E-state index in [1.807, 2.05) is 6.07 Å². The molecule has 2 nitrogen and oxygen atoms in total. The van der Waals surface area contributed by atoms with Gasteiger partial charge >= 0.3 is 0 Å². The van der Waals surface area contributed by atoms with Crippen LogP contribution in [-0.4, -0.2) is 22.5 Å². The lowest BCUT2D eigenvalue weighted by atomic mass is 10.1. The van der Waals surface area contributed by atoms with Gasteiger partial charge in [-0.3, -0.25) is 0 Å². The summed E-state index contributed by atoms with van der Waals surface area (Å²) in [6.45, 7) is 0.903. The summed E-state index contributed by atoms with van der Waals surface area (Å²) in [7, 11) is 0. The molecule has 1 aromatic rings. The van der Waals surface area contributed by atoms with Crippen molar-refractivity contribution in [2.75, 3.05) is 6.54 Å². The van der Waals surface area contributed by atoms with E-state index in [1.54, 1.807) is 6.07 Å². The standard InChI is InChI=1S/C13H15FN2S/c14-9-3-1-8-2-4-12(10(8)7-9)16-6-5-11(15)13(16)17/h1,3,7,11-12H,2,4-6,15H2/t11?,12-/m1/s1. The maximum absolute atomic E-state index is 13.3. The lowest BCUT2D eigenvalue weighted by Crippen LogP contribution is -2.34. The molecular weight excluding hydrogens is 235 g/mol. The Labute approximate surface area is 106 Å². The van der Waals surface area contributed by atoms with Crippen LogP contribution in [-0.2, 0) is 6.42 Å². The van der Waals surface area contributed by atoms with Crippen molar-refractivity contribution in [1.29, 1.82) is 0 Å². The van der Waals surface area contributed by atoms with Gasteiger partial charge in [0.05, 0.1) is 17.1 Å². The minimum absolute atomic E-state index is 0.00242. The largest absolute Gasteiger partial charge is 0.358 e. The highest BCUT2D eigenvalue weighted by Crippen LogP contribution is 2.38. The van der Waals surface area contributed by atoms with Crippen molar-refractivity contribution in [1.82, 2.24) is 4.90 Å². The van der Waals surface area contributed by atoms with Crippen molar-refractivity contribution in [2.24, 2.45) is 5.73 Å². The molecular formula is C13H15FN2S. The Kier molecular flexibility index (Phi) is 2.64. The second kappa shape index (κ2) is 4.03. The third kappa shape index (κ3) is 1.76. The first-order valence-corrected chi connectivity index (χ1v) is 6.42. The maximum Gasteiger partial charge on any atom is 0.123 e. The van der Waals surface area contributed by atoms with Gasteiger partial charge in [0.25, 0.3) is 0 Å². The first-order valence-electron chi connectivity index (χ1n) is 6.01. The van der Waals surface area contributed by atoms with E-state index in [4.69, 9.17) is 18.0 Å². The van der Waals surface area contributed by atoms with Crippen molar-refractivity contribution in [3.05, 3.63) is 35.1 Å². The van der Waals surface area contributed by atoms with Crippen molar-refractivity contribution in [3.63, 3.8) is 0 Å². The molecule has 1 heterocycles. The van der Waals surface area contributed by atoms with Gasteiger partial charge < -0.3 is 10.6 Å². The van der Waals surface area contributed by atoms with Gasteiger partial charge in [-0.1, -0.05) is 18.3 Å². The minimum atomic E-state index is -0.162. The molecule has 0 spiro atoms. The summed E-state index contributed by atoms with van der Waals surface area (Å²) in [5.41, 5.74) is 8.28. The topological polar surface area (TPSA) is 29.3 Å². The number of rotatable bonds is 1. The minimum Gasteiger partial charge on any atom is -0.358 e. The number of hydrogen-bond donors (Lipinski definition) is 1. The molecule has 1 aliphatic heterocycles. The van der Waals surface area contributed by atoms with Crippen molar-refractivity contribution < 1.29 is 4.39 Å². The molecule has 0 saturated carbocycles. The summed E-state index contributed by atoms with van der Waals surface area (Å²) < 4.78 is 13.3. The predicted molar refractivity (Wildman–Crippen MR) is 69.4 cm³/mol. The van der Waals surface area contributed by atoms with Crippen LogP contribution in [0.2, 0.25) is 0 Å². The van der Waals surface area contributed by atoms with Crippen molar-refractivity contribution >= 4 is 17.2 Å². The summed E-state index contributed by atoms with van der Waals surface area (Å²) in [5, 5.41) is 0. The Balaban J connectivity index is 1.93. The van der Waals surface area contributed by atoms with Gasteiger partial charge in [0.2, 0.25) is 0 Å². The van der Waals surface area contributed by atoms with Crippen LogP contribution >= 0.6 is 12.2 Å². The highest BCUT2D eigenvalue weighted by Gasteiger charge is 2.34. The van der Waals surface area contributed by atoms with E-state index >= 15 is 0 Å². The van der Waals surface area contributed by atoms with Crippen LogP contribution in [0.15, 0.2) is 18.2 Å². The molecule has 1 fully saturated rings. The van der Waals surface area contributed by atoms with Crippen LogP contribution in [0.3, 0.4) is 0 Å². The summed E-state index contributed by atoms with van der Waals surface area (Å²) in [6, 6.07) is 5.32. The van der Waals surface area contributed by atoms with Gasteiger partial charge in [-0.2, -0.15) is 0 Å². The van der Waals surface area contributed by atoms with Gasteiger partial charge in [-0.05, 0) is 42.5 Å². The Morgan fingerprint density at radius 1 is 1.35 bits per heavy atom. The Hall–Kier alpha value is -1.00. The van der Waals surface area contributed by atoms with E-state index < -0.39 is 0 Å². The second-order valence-corrected chi connectivity index (χ2v) is 5.24. The van der Waals surface area contributed by atoms with E-state index in [-0.39, 0.29) is 17.9 Å². The zero-order chi connectivity index (χ0) is 12.0. The van der Waals surface area contributed by atoms with E-state index in [9.17, 15) is 4.39 Å². The number of likely N-dealkylation sites (tertiary alicyclic amines) is 1. The molecule has 0 aromatic heterocycles. The molecule has 0 amide bonds. The Morgan fingerprint density at radius 2 is 2.18 bits per heavy atom. The number of benzene rings is 1. The van der Waals surface area contributed by atoms with Gasteiger partial charge in [0, 0.05) is 6.54 Å². The number of hydrogen-bond acceptors (Lipinski definition) is 2. The van der Waals surface area contributed by atoms with Crippen LogP contribution in [0.5, 0.6) is 0 Å². The highest BCUT2D eigenvalue weighted by molar-refractivity contribution is 7.80. The predicted octanol–water partition coefficient (Wildman–Crippen LogP) is 2.17. The number of fused-ring (bicyclic) bond motifs is 1. The molecule has 2 aliphatic rings. The second-order valence-electron chi connectivity index (χ2n) is 4.82. The highest BCUT2D eigenvalue weighted by atomic mass is 32.1. The maximum atomic E-state index is 13.3. The fourth-order valence-electron chi connectivity index (χ4n) is 2.91. The van der Waals surface area contributed by atoms with Crippen LogP contribution < -0.4 is 5.73 Å². The lowest BCUT2D eigenvalue weighted by Gasteiger charge is -2.27. The first kappa shape index (κ1) is 11.1. The molecule has 2 atom stereocenters. The average molecular weight is 250 g/mol. The van der Waals surface area contributed by atoms with E-state index in [0.717, 1.165) is 36.4 Å². The zero-order valence-electron chi connectivity index (χ0n) is 9.53. The molecule has 90 valence electrons. The summed E-state index contributed by atoms with van der Waals surface area (Å²) >= 11 is 5.37. The molecule has 1 unspecified atom stereocenters. The monoisotopic (exact) mass is 250 g/mol. The number of thiocarbonyl (C=S) groups is 1. The third-order valence-corrected chi connectivity index (χ3v) is 4.35. The normalized spacial score (nSPS) is 27.6. The van der Waals surface area contributed by atoms with E-state index in [2.05, 4.69) is 4.90 Å². The number of aryl methyl sites for hydroxylation is 1. The number of nitrogens with two attached hydrogens (primary N) is 1. The summed E-state index contributed by atoms with van der Waals surface area (Å²) in [6.07, 6.45) is 2.94. The number of nitrogens with zero attached hydrogens (tertiary/aromatic N) is 1. The fourth-order valence-corrected chi connectivity index (χ4v) is 3.25. The fraction of sp³-hybridized carbons (Fsp3) is 0.462. The molecule has 1 aliphatic carbocycles. The van der Waals surface area contributed by atoms with Gasteiger partial charge in [-0.25, -0.2) is 4.39 Å². The summed E-state index contributed by atoms with van der Waals surface area (Å²) in [5.74, 6) is -0.162. The molecule has 0 bridgehead atoms. The van der Waals surface area contributed by atoms with Gasteiger partial charge in [0.15, 0.2) is 0 Å². The first-order chi connectivity index (χ1) is 8.16. The molecule has 1 aromatic carbocycles. The molecule has 1 saturated heterocycles. The average Bonchev–Trinajstić information content (AvgIpc) is 2.84. The Bertz CT molecular complexity index is 474. The molecule has 17 heavy (non-hydrogen) atoms. The van der Waals surface area contributed by atoms with Crippen LogP contribution in [0.25, 0.3) is 0 Å². The van der Waals surface area contributed by atoms with Gasteiger partial charge in [-0.15, -0.1) is 0 Å². The third-order valence-electron chi connectivity index (χ3n) is 3.81. The zero-order valence-corrected chi connectivity index (χ0v) is 10.3. The van der Waals surface area contributed by atoms with Gasteiger partial charge in [0.1, 0.15) is 5.82 Å². The summed E-state index contributed by atoms with van der Waals surface area (Å²) in [4.78, 5) is 3.03. The smallest absolute Gasteiger partial charge is 0.123 e. The molecule has 4 heteroatoms. The SMILES string of the molecule is NC1CCN([C@@H]2CCc3ccc(F)cc32)C1=S. The Morgan fingerprint density at radius 3 is 2.88 bits per heavy atom. The molecule has 2 N–H and O–H groups in total. The van der Waals surface area contributed by atoms with E-state index in [0.29, 0.717) is 0 Å². The number of halogens is 1. The van der Waals surface area contributed by atoms with Crippen molar-refractivity contribution in [3.8, 4) is 0 Å². The quantitative estimate of drug-likeness (QED) is 0.775. The molecule has 0 radical (unpaired) electrons. The van der Waals surface area contributed by atoms with Crippen LogP contribution in [0.1, 0.15) is 30.0 Å². The van der Waals surface area contributed by atoms with Crippen molar-refractivity contribution in [2.45, 2.75) is 31.3 Å². The van der Waals surface area contributed by atoms with E-state index in [1.165, 1.54) is 11.6 Å².